The van der Waals surface area contributed by atoms with E-state index in [0.29, 0.717) is 6.42 Å². The maximum Gasteiger partial charge on any atom is 0.261 e. The van der Waals surface area contributed by atoms with Gasteiger partial charge < -0.3 is 10.1 Å². The fourth-order valence-corrected chi connectivity index (χ4v) is 2.54. The molecular weight excluding hydrogens is 298 g/mol. The first-order chi connectivity index (χ1) is 11.5. The van der Waals surface area contributed by atoms with Crippen LogP contribution in [0.25, 0.3) is 0 Å². The Labute approximate surface area is 145 Å². The van der Waals surface area contributed by atoms with E-state index >= 15 is 0 Å². The van der Waals surface area contributed by atoms with Gasteiger partial charge in [0.15, 0.2) is 6.10 Å². The second kappa shape index (κ2) is 8.53. The van der Waals surface area contributed by atoms with Crippen molar-refractivity contribution in [2.24, 2.45) is 0 Å². The summed E-state index contributed by atoms with van der Waals surface area (Å²) in [6.07, 6.45) is 1.16. The van der Waals surface area contributed by atoms with E-state index in [2.05, 4.69) is 36.5 Å². The van der Waals surface area contributed by atoms with Crippen molar-refractivity contribution >= 4 is 5.91 Å². The molecule has 0 spiro atoms. The second-order valence-corrected chi connectivity index (χ2v) is 6.15. The highest BCUT2D eigenvalue weighted by Gasteiger charge is 2.20. The van der Waals surface area contributed by atoms with Crippen LogP contribution in [0.1, 0.15) is 49.9 Å². The van der Waals surface area contributed by atoms with E-state index in [1.807, 2.05) is 45.0 Å². The van der Waals surface area contributed by atoms with E-state index in [-0.39, 0.29) is 11.9 Å². The van der Waals surface area contributed by atoms with Crippen molar-refractivity contribution in [3.63, 3.8) is 0 Å². The van der Waals surface area contributed by atoms with Gasteiger partial charge in [-0.25, -0.2) is 0 Å². The molecule has 128 valence electrons. The van der Waals surface area contributed by atoms with Crippen molar-refractivity contribution < 1.29 is 9.53 Å². The summed E-state index contributed by atoms with van der Waals surface area (Å²) in [6.45, 7) is 8.12. The van der Waals surface area contributed by atoms with Crippen molar-refractivity contribution in [3.05, 3.63) is 65.2 Å². The molecule has 0 aromatic heterocycles. The smallest absolute Gasteiger partial charge is 0.261 e. The summed E-state index contributed by atoms with van der Waals surface area (Å²) in [5, 5.41) is 3.05. The number of aryl methyl sites for hydroxylation is 2. The maximum absolute atomic E-state index is 12.5. The number of hydrogen-bond acceptors (Lipinski definition) is 2. The fraction of sp³-hybridized carbons (Fsp3) is 0.381. The number of amides is 1. The summed E-state index contributed by atoms with van der Waals surface area (Å²) in [7, 11) is 0. The van der Waals surface area contributed by atoms with Crippen LogP contribution in [0.4, 0.5) is 0 Å². The Kier molecular flexibility index (Phi) is 6.42. The molecule has 0 fully saturated rings. The van der Waals surface area contributed by atoms with Gasteiger partial charge in [0.2, 0.25) is 0 Å². The summed E-state index contributed by atoms with van der Waals surface area (Å²) in [5.74, 6) is 0.646. The highest BCUT2D eigenvalue weighted by atomic mass is 16.5. The van der Waals surface area contributed by atoms with Gasteiger partial charge in [0.1, 0.15) is 5.75 Å². The molecule has 2 atom stereocenters. The molecule has 2 aromatic rings. The average molecular weight is 325 g/mol. The van der Waals surface area contributed by atoms with Crippen molar-refractivity contribution in [1.82, 2.24) is 5.32 Å². The number of rotatable bonds is 7. The average Bonchev–Trinajstić information content (AvgIpc) is 2.61. The van der Waals surface area contributed by atoms with Crippen LogP contribution in [0.15, 0.2) is 48.5 Å². The summed E-state index contributed by atoms with van der Waals surface area (Å²) < 4.78 is 5.84. The minimum Gasteiger partial charge on any atom is -0.481 e. The molecule has 2 aromatic carbocycles. The molecule has 3 heteroatoms. The Morgan fingerprint density at radius 2 is 1.67 bits per heavy atom. The Morgan fingerprint density at radius 3 is 2.21 bits per heavy atom. The maximum atomic E-state index is 12.5. The molecule has 1 N–H and O–H groups in total. The Balaban J connectivity index is 1.98. The highest BCUT2D eigenvalue weighted by Crippen LogP contribution is 2.17. The first-order valence-corrected chi connectivity index (χ1v) is 8.66. The van der Waals surface area contributed by atoms with Gasteiger partial charge >= 0.3 is 0 Å². The van der Waals surface area contributed by atoms with E-state index in [0.717, 1.165) is 17.7 Å². The molecular formula is C21H27NO2. The van der Waals surface area contributed by atoms with E-state index in [1.54, 1.807) is 0 Å². The molecule has 0 saturated heterocycles. The predicted octanol–water partition coefficient (Wildman–Crippen LogP) is 4.59. The lowest BCUT2D eigenvalue weighted by Crippen LogP contribution is -2.39. The topological polar surface area (TPSA) is 38.3 Å². The van der Waals surface area contributed by atoms with Gasteiger partial charge in [0, 0.05) is 0 Å². The first-order valence-electron chi connectivity index (χ1n) is 8.66. The monoisotopic (exact) mass is 325 g/mol. The van der Waals surface area contributed by atoms with Crippen LogP contribution in [0, 0.1) is 6.92 Å². The van der Waals surface area contributed by atoms with Crippen molar-refractivity contribution in [2.75, 3.05) is 0 Å². The molecule has 3 nitrogen and oxygen atoms in total. The SMILES string of the molecule is CCc1ccc([C@H](C)NC(=O)[C@@H](CC)Oc2ccc(C)cc2)cc1. The van der Waals surface area contributed by atoms with Crippen LogP contribution in [0.2, 0.25) is 0 Å². The standard InChI is InChI=1S/C21H27NO2/c1-5-17-9-11-18(12-10-17)16(4)22-21(23)20(6-2)24-19-13-7-15(3)8-14-19/h7-14,16,20H,5-6H2,1-4H3,(H,22,23)/t16-,20+/m0/s1. The van der Waals surface area contributed by atoms with Crippen LogP contribution in [-0.2, 0) is 11.2 Å². The van der Waals surface area contributed by atoms with Crippen LogP contribution >= 0.6 is 0 Å². The zero-order chi connectivity index (χ0) is 17.5. The molecule has 0 aliphatic carbocycles. The number of hydrogen-bond donors (Lipinski definition) is 1. The van der Waals surface area contributed by atoms with Gasteiger partial charge in [-0.1, -0.05) is 55.8 Å². The third-order valence-electron chi connectivity index (χ3n) is 4.21. The lowest BCUT2D eigenvalue weighted by Gasteiger charge is -2.21. The molecule has 2 rings (SSSR count). The molecule has 0 bridgehead atoms. The second-order valence-electron chi connectivity index (χ2n) is 6.15. The lowest BCUT2D eigenvalue weighted by atomic mass is 10.0. The van der Waals surface area contributed by atoms with E-state index in [1.165, 1.54) is 11.1 Å². The van der Waals surface area contributed by atoms with E-state index in [4.69, 9.17) is 4.74 Å². The van der Waals surface area contributed by atoms with E-state index in [9.17, 15) is 4.79 Å². The zero-order valence-electron chi connectivity index (χ0n) is 15.0. The normalized spacial score (nSPS) is 13.2. The minimum absolute atomic E-state index is 0.0425. The first kappa shape index (κ1) is 18.1. The highest BCUT2D eigenvalue weighted by molar-refractivity contribution is 5.81. The van der Waals surface area contributed by atoms with Gasteiger partial charge in [0.05, 0.1) is 6.04 Å². The summed E-state index contributed by atoms with van der Waals surface area (Å²) >= 11 is 0. The minimum atomic E-state index is -0.481. The Bertz CT molecular complexity index is 647. The summed E-state index contributed by atoms with van der Waals surface area (Å²) in [4.78, 5) is 12.5. The molecule has 0 heterocycles. The van der Waals surface area contributed by atoms with Crippen LogP contribution in [0.5, 0.6) is 5.75 Å². The van der Waals surface area contributed by atoms with Gasteiger partial charge in [-0.3, -0.25) is 4.79 Å². The van der Waals surface area contributed by atoms with Crippen molar-refractivity contribution in [3.8, 4) is 5.75 Å². The molecule has 0 saturated carbocycles. The summed E-state index contributed by atoms with van der Waals surface area (Å²) in [6, 6.07) is 16.1. The predicted molar refractivity (Wildman–Crippen MR) is 98.3 cm³/mol. The number of carbonyl (C=O) groups is 1. The number of ether oxygens (including phenoxy) is 1. The molecule has 1 amide bonds. The van der Waals surface area contributed by atoms with Gasteiger partial charge in [-0.05, 0) is 49.9 Å². The number of nitrogens with one attached hydrogen (secondary N) is 1. The zero-order valence-corrected chi connectivity index (χ0v) is 15.0. The summed E-state index contributed by atoms with van der Waals surface area (Å²) in [5.41, 5.74) is 3.57. The molecule has 0 radical (unpaired) electrons. The molecule has 24 heavy (non-hydrogen) atoms. The van der Waals surface area contributed by atoms with Crippen LogP contribution in [-0.4, -0.2) is 12.0 Å². The molecule has 0 aliphatic rings. The third-order valence-corrected chi connectivity index (χ3v) is 4.21. The number of carbonyl (C=O) groups excluding carboxylic acids is 1. The van der Waals surface area contributed by atoms with Crippen LogP contribution < -0.4 is 10.1 Å². The Morgan fingerprint density at radius 1 is 1.04 bits per heavy atom. The van der Waals surface area contributed by atoms with E-state index < -0.39 is 6.10 Å². The Hall–Kier alpha value is -2.29. The van der Waals surface area contributed by atoms with Gasteiger partial charge in [-0.2, -0.15) is 0 Å². The lowest BCUT2D eigenvalue weighted by molar-refractivity contribution is -0.128. The van der Waals surface area contributed by atoms with Gasteiger partial charge in [0.25, 0.3) is 5.91 Å². The quantitative estimate of drug-likeness (QED) is 0.808. The molecule has 0 unspecified atom stereocenters. The van der Waals surface area contributed by atoms with Crippen molar-refractivity contribution in [1.29, 1.82) is 0 Å². The number of benzene rings is 2. The van der Waals surface area contributed by atoms with Gasteiger partial charge in [-0.15, -0.1) is 0 Å². The third kappa shape index (κ3) is 4.85. The largest absolute Gasteiger partial charge is 0.481 e. The van der Waals surface area contributed by atoms with Crippen molar-refractivity contribution in [2.45, 2.75) is 52.7 Å². The van der Waals surface area contributed by atoms with Crippen LogP contribution in [0.3, 0.4) is 0 Å². The fourth-order valence-electron chi connectivity index (χ4n) is 2.54. The molecule has 0 aliphatic heterocycles.